The molecule has 0 atom stereocenters. The van der Waals surface area contributed by atoms with E-state index in [1.54, 1.807) is 30.1 Å². The predicted molar refractivity (Wildman–Crippen MR) is 125 cm³/mol. The Balaban J connectivity index is 0.000000722. The molecule has 1 aromatic heterocycles. The number of aliphatic hydroxyl groups is 1. The van der Waals surface area contributed by atoms with Gasteiger partial charge in [0, 0.05) is 37.0 Å². The van der Waals surface area contributed by atoms with Gasteiger partial charge in [-0.25, -0.2) is 9.78 Å². The zero-order valence-electron chi connectivity index (χ0n) is 18.9. The quantitative estimate of drug-likeness (QED) is 0.102. The van der Waals surface area contributed by atoms with Crippen molar-refractivity contribution in [3.05, 3.63) is 38.2 Å². The lowest BCUT2D eigenvalue weighted by Crippen LogP contribution is -2.42. The smallest absolute Gasteiger partial charge is 0.336 e. The fraction of sp³-hybridized carbons (Fsp3) is 0.556. The summed E-state index contributed by atoms with van der Waals surface area (Å²) in [6.45, 7) is 1.54. The highest BCUT2D eigenvalue weighted by atomic mass is 32.2. The van der Waals surface area contributed by atoms with Crippen molar-refractivity contribution in [3.8, 4) is 0 Å². The van der Waals surface area contributed by atoms with Gasteiger partial charge in [-0.05, 0) is 14.1 Å². The molecule has 0 saturated carbocycles. The van der Waals surface area contributed by atoms with Crippen LogP contribution in [0.3, 0.4) is 0 Å². The van der Waals surface area contributed by atoms with Gasteiger partial charge in [0.25, 0.3) is 6.20 Å². The van der Waals surface area contributed by atoms with Crippen molar-refractivity contribution < 1.29 is 39.7 Å². The van der Waals surface area contributed by atoms with Gasteiger partial charge in [0.2, 0.25) is 0 Å². The fourth-order valence-electron chi connectivity index (χ4n) is 2.21. The molecule has 0 aliphatic rings. The van der Waals surface area contributed by atoms with Crippen LogP contribution in [0.4, 0.5) is 0 Å². The third-order valence-corrected chi connectivity index (χ3v) is 5.53. The van der Waals surface area contributed by atoms with Gasteiger partial charge in [-0.1, -0.05) is 0 Å². The Bertz CT molecular complexity index is 845. The number of carboxylic acid groups (broad SMARTS) is 3. The van der Waals surface area contributed by atoms with Crippen LogP contribution >= 0.6 is 23.1 Å². The first kappa shape index (κ1) is 31.0. The van der Waals surface area contributed by atoms with Crippen LogP contribution in [0, 0.1) is 10.1 Å². The molecule has 0 aromatic carbocycles. The number of nitrogens with zero attached hydrogens (tertiary/aromatic N) is 3. The van der Waals surface area contributed by atoms with Crippen LogP contribution in [0.1, 0.15) is 23.5 Å². The van der Waals surface area contributed by atoms with Crippen LogP contribution in [-0.4, -0.2) is 92.2 Å². The third kappa shape index (κ3) is 14.2. The molecule has 0 spiro atoms. The van der Waals surface area contributed by atoms with E-state index in [1.807, 2.05) is 14.1 Å². The molecule has 0 saturated heterocycles. The monoisotopic (exact) mass is 523 g/mol. The molecule has 0 aliphatic carbocycles. The topological polar surface area (TPSA) is 215 Å². The lowest BCUT2D eigenvalue weighted by Gasteiger charge is -2.18. The molecule has 0 amide bonds. The fourth-order valence-corrected chi connectivity index (χ4v) is 3.98. The van der Waals surface area contributed by atoms with Crippen LogP contribution < -0.4 is 10.6 Å². The average Bonchev–Trinajstić information content (AvgIpc) is 3.12. The molecule has 0 fully saturated rings. The summed E-state index contributed by atoms with van der Waals surface area (Å²) in [5.74, 6) is -2.88. The molecule has 1 aromatic rings. The number of hydrogen-bond acceptors (Lipinski definition) is 12. The number of hydrogen-bond donors (Lipinski definition) is 6. The van der Waals surface area contributed by atoms with E-state index < -0.39 is 41.3 Å². The van der Waals surface area contributed by atoms with Crippen molar-refractivity contribution in [2.75, 3.05) is 33.4 Å². The van der Waals surface area contributed by atoms with E-state index in [-0.39, 0.29) is 0 Å². The summed E-state index contributed by atoms with van der Waals surface area (Å²) in [4.78, 5) is 47.0. The minimum absolute atomic E-state index is 0.419. The van der Waals surface area contributed by atoms with Gasteiger partial charge in [-0.2, -0.15) is 11.8 Å². The van der Waals surface area contributed by atoms with Crippen molar-refractivity contribution in [3.63, 3.8) is 0 Å². The minimum Gasteiger partial charge on any atom is -0.481 e. The van der Waals surface area contributed by atoms with Crippen molar-refractivity contribution in [1.82, 2.24) is 20.5 Å². The molecule has 6 N–H and O–H groups in total. The predicted octanol–water partition coefficient (Wildman–Crippen LogP) is 0.0740. The van der Waals surface area contributed by atoms with Crippen LogP contribution in [0.2, 0.25) is 0 Å². The van der Waals surface area contributed by atoms with E-state index in [2.05, 4.69) is 25.9 Å². The molecule has 192 valence electrons. The van der Waals surface area contributed by atoms with Gasteiger partial charge in [-0.3, -0.25) is 19.7 Å². The summed E-state index contributed by atoms with van der Waals surface area (Å²) in [6, 6.07) is 0. The summed E-state index contributed by atoms with van der Waals surface area (Å²) in [5.41, 5.74) is -1.64. The van der Waals surface area contributed by atoms with E-state index in [4.69, 9.17) is 20.4 Å². The second-order valence-corrected chi connectivity index (χ2v) is 9.05. The average molecular weight is 524 g/mol. The number of carboxylic acids is 3. The lowest BCUT2D eigenvalue weighted by molar-refractivity contribution is -0.404. The van der Waals surface area contributed by atoms with Crippen LogP contribution in [0.25, 0.3) is 0 Å². The summed E-state index contributed by atoms with van der Waals surface area (Å²) >= 11 is 3.43. The standard InChI is InChI=1S/C12H21N5O2S2.C6H8O7/c1-13-11(6-17(18)19)14-4-5-20-8-10-9-21-12(15-10)7-16(2)3;7-3(8)1-6(13,5(11)12)2-4(9)10/h6,9,13-14H,4-5,7-8H2,1-3H3;13H,1-2H2,(H,7,8)(H,9,10)(H,11,12)/b11-6+;. The Morgan fingerprint density at radius 3 is 2.29 bits per heavy atom. The van der Waals surface area contributed by atoms with E-state index in [0.29, 0.717) is 12.4 Å². The van der Waals surface area contributed by atoms with Gasteiger partial charge in [0.1, 0.15) is 5.01 Å². The SMILES string of the molecule is CN/C(=C\[N+](=O)[O-])NCCSCc1csc(CN(C)C)n1.O=C(O)CC(O)(CC(=O)O)C(=O)O. The number of thioether (sulfide) groups is 1. The molecule has 14 nitrogen and oxygen atoms in total. The number of aromatic nitrogens is 1. The Kier molecular flexibility index (Phi) is 14.4. The molecule has 34 heavy (non-hydrogen) atoms. The van der Waals surface area contributed by atoms with Crippen LogP contribution in [-0.2, 0) is 26.7 Å². The van der Waals surface area contributed by atoms with Crippen molar-refractivity contribution >= 4 is 41.0 Å². The summed E-state index contributed by atoms with van der Waals surface area (Å²) < 4.78 is 0. The van der Waals surface area contributed by atoms with Gasteiger partial charge < -0.3 is 36.0 Å². The Hall–Kier alpha value is -2.95. The maximum Gasteiger partial charge on any atom is 0.336 e. The molecule has 0 radical (unpaired) electrons. The lowest BCUT2D eigenvalue weighted by atomic mass is 9.96. The zero-order chi connectivity index (χ0) is 26.3. The van der Waals surface area contributed by atoms with E-state index in [1.165, 1.54) is 0 Å². The first-order valence-electron chi connectivity index (χ1n) is 9.61. The normalized spacial score (nSPS) is 11.4. The van der Waals surface area contributed by atoms with Crippen LogP contribution in [0.5, 0.6) is 0 Å². The second kappa shape index (κ2) is 15.8. The molecule has 0 bridgehead atoms. The second-order valence-electron chi connectivity index (χ2n) is 7.01. The Morgan fingerprint density at radius 2 is 1.85 bits per heavy atom. The molecular weight excluding hydrogens is 494 g/mol. The summed E-state index contributed by atoms with van der Waals surface area (Å²) in [5, 5.41) is 53.1. The number of thiazole rings is 1. The molecule has 16 heteroatoms. The molecule has 0 aliphatic heterocycles. The molecule has 1 rings (SSSR count). The van der Waals surface area contributed by atoms with Gasteiger partial charge in [-0.15, -0.1) is 11.3 Å². The number of nitrogens with one attached hydrogen (secondary N) is 2. The zero-order valence-corrected chi connectivity index (χ0v) is 20.5. The highest BCUT2D eigenvalue weighted by Crippen LogP contribution is 2.17. The van der Waals surface area contributed by atoms with E-state index in [0.717, 1.165) is 35.0 Å². The van der Waals surface area contributed by atoms with Gasteiger partial charge >= 0.3 is 17.9 Å². The first-order valence-corrected chi connectivity index (χ1v) is 11.6. The molecular formula is C18H29N5O9S2. The first-order chi connectivity index (χ1) is 15.8. The van der Waals surface area contributed by atoms with Gasteiger partial charge in [0.05, 0.1) is 23.5 Å². The van der Waals surface area contributed by atoms with Crippen LogP contribution in [0.15, 0.2) is 17.4 Å². The van der Waals surface area contributed by atoms with Gasteiger partial charge in [0.15, 0.2) is 11.4 Å². The van der Waals surface area contributed by atoms with E-state index in [9.17, 15) is 24.5 Å². The third-order valence-electron chi connectivity index (χ3n) is 3.65. The number of carbonyl (C=O) groups is 3. The maximum absolute atomic E-state index is 10.4. The highest BCUT2D eigenvalue weighted by Gasteiger charge is 2.40. The van der Waals surface area contributed by atoms with E-state index >= 15 is 0 Å². The summed E-state index contributed by atoms with van der Waals surface area (Å²) in [7, 11) is 5.70. The van der Waals surface area contributed by atoms with Crippen molar-refractivity contribution in [2.45, 2.75) is 30.7 Å². The Labute approximate surface area is 203 Å². The number of nitro groups is 1. The number of rotatable bonds is 15. The highest BCUT2D eigenvalue weighted by molar-refractivity contribution is 7.98. The van der Waals surface area contributed by atoms with Crippen molar-refractivity contribution in [1.29, 1.82) is 0 Å². The Morgan fingerprint density at radius 1 is 1.26 bits per heavy atom. The minimum atomic E-state index is -2.74. The number of aliphatic carboxylic acids is 3. The maximum atomic E-state index is 10.4. The summed E-state index contributed by atoms with van der Waals surface area (Å²) in [6.07, 6.45) is -1.36. The van der Waals surface area contributed by atoms with Crippen molar-refractivity contribution in [2.24, 2.45) is 0 Å². The largest absolute Gasteiger partial charge is 0.481 e. The molecule has 0 unspecified atom stereocenters. The molecule has 1 heterocycles.